The van der Waals surface area contributed by atoms with Gasteiger partial charge in [0.25, 0.3) is 0 Å². The topological polar surface area (TPSA) is 63.3 Å². The van der Waals surface area contributed by atoms with Gasteiger partial charge in [0, 0.05) is 11.5 Å². The summed E-state index contributed by atoms with van der Waals surface area (Å²) in [7, 11) is 0. The van der Waals surface area contributed by atoms with Crippen molar-refractivity contribution < 1.29 is 9.90 Å². The highest BCUT2D eigenvalue weighted by Gasteiger charge is 2.27. The van der Waals surface area contributed by atoms with Crippen LogP contribution in [0.5, 0.6) is 0 Å². The van der Waals surface area contributed by atoms with Crippen molar-refractivity contribution in [2.75, 3.05) is 0 Å². The summed E-state index contributed by atoms with van der Waals surface area (Å²) in [6.07, 6.45) is 2.40. The maximum atomic E-state index is 11.6. The predicted molar refractivity (Wildman–Crippen MR) is 67.0 cm³/mol. The first kappa shape index (κ1) is 15.3. The lowest BCUT2D eigenvalue weighted by Crippen LogP contribution is -2.42. The highest BCUT2D eigenvalue weighted by atomic mass is 16.3. The third-order valence-corrected chi connectivity index (χ3v) is 2.46. The van der Waals surface area contributed by atoms with E-state index < -0.39 is 17.6 Å². The molecule has 3 heteroatoms. The van der Waals surface area contributed by atoms with Gasteiger partial charge < -0.3 is 10.8 Å². The molecule has 0 aromatic carbocycles. The summed E-state index contributed by atoms with van der Waals surface area (Å²) in [4.78, 5) is 11.6. The van der Waals surface area contributed by atoms with Crippen LogP contribution in [0.15, 0.2) is 12.2 Å². The molecule has 0 bridgehead atoms. The zero-order valence-electron chi connectivity index (χ0n) is 11.2. The molecule has 2 atom stereocenters. The van der Waals surface area contributed by atoms with Crippen LogP contribution in [0, 0.1) is 10.8 Å². The first-order valence-corrected chi connectivity index (χ1v) is 5.62. The van der Waals surface area contributed by atoms with Crippen molar-refractivity contribution in [2.24, 2.45) is 16.6 Å². The Hall–Kier alpha value is -0.670. The largest absolute Gasteiger partial charge is 0.391 e. The lowest BCUT2D eigenvalue weighted by Gasteiger charge is -2.29. The molecular formula is C13H25NO2. The highest BCUT2D eigenvalue weighted by Crippen LogP contribution is 2.22. The average molecular weight is 227 g/mol. The minimum atomic E-state index is -0.656. The van der Waals surface area contributed by atoms with E-state index in [1.807, 2.05) is 41.5 Å². The van der Waals surface area contributed by atoms with Gasteiger partial charge in [0.15, 0.2) is 5.78 Å². The van der Waals surface area contributed by atoms with E-state index in [0.717, 1.165) is 0 Å². The number of carbonyl (C=O) groups excluding carboxylic acids is 1. The minimum absolute atomic E-state index is 0.0176. The Morgan fingerprint density at radius 1 is 1.19 bits per heavy atom. The Kier molecular flexibility index (Phi) is 4.89. The molecular weight excluding hydrogens is 202 g/mol. The lowest BCUT2D eigenvalue weighted by molar-refractivity contribution is -0.121. The van der Waals surface area contributed by atoms with Crippen LogP contribution < -0.4 is 5.73 Å². The van der Waals surface area contributed by atoms with Gasteiger partial charge in [-0.2, -0.15) is 0 Å². The van der Waals surface area contributed by atoms with Gasteiger partial charge in [0.05, 0.1) is 6.10 Å². The second kappa shape index (κ2) is 5.11. The van der Waals surface area contributed by atoms with Crippen molar-refractivity contribution in [3.05, 3.63) is 12.2 Å². The number of nitrogens with two attached hydrogens (primary N) is 1. The van der Waals surface area contributed by atoms with Gasteiger partial charge >= 0.3 is 0 Å². The predicted octanol–water partition coefficient (Wildman–Crippen LogP) is 1.89. The van der Waals surface area contributed by atoms with E-state index >= 15 is 0 Å². The van der Waals surface area contributed by atoms with Crippen molar-refractivity contribution >= 4 is 5.78 Å². The quantitative estimate of drug-likeness (QED) is 0.724. The second-order valence-corrected chi connectivity index (χ2v) is 6.36. The monoisotopic (exact) mass is 227 g/mol. The lowest BCUT2D eigenvalue weighted by atomic mass is 9.84. The van der Waals surface area contributed by atoms with Gasteiger partial charge in [-0.05, 0) is 11.5 Å². The van der Waals surface area contributed by atoms with Gasteiger partial charge in [0.2, 0.25) is 0 Å². The number of allylic oxidation sites excluding steroid dienone is 1. The van der Waals surface area contributed by atoms with E-state index in [1.54, 1.807) is 6.08 Å². The fourth-order valence-corrected chi connectivity index (χ4v) is 1.13. The summed E-state index contributed by atoms with van der Waals surface area (Å²) in [5.41, 5.74) is 5.12. The Balaban J connectivity index is 4.53. The fraction of sp³-hybridized carbons (Fsp3) is 0.769. The summed E-state index contributed by atoms with van der Waals surface area (Å²) in [5.74, 6) is 0.0176. The number of carbonyl (C=O) groups is 1. The van der Waals surface area contributed by atoms with E-state index in [4.69, 9.17) is 5.73 Å². The molecule has 0 aliphatic heterocycles. The summed E-state index contributed by atoms with van der Waals surface area (Å²) < 4.78 is 0. The van der Waals surface area contributed by atoms with E-state index in [1.165, 1.54) is 6.08 Å². The molecule has 0 aliphatic rings. The first-order valence-electron chi connectivity index (χ1n) is 5.62. The molecule has 94 valence electrons. The molecule has 3 nitrogen and oxygen atoms in total. The molecule has 0 rings (SSSR count). The summed E-state index contributed by atoms with van der Waals surface area (Å²) in [6.45, 7) is 11.3. The third kappa shape index (κ3) is 4.90. The van der Waals surface area contributed by atoms with Crippen LogP contribution >= 0.6 is 0 Å². The molecule has 0 amide bonds. The van der Waals surface area contributed by atoms with Crippen LogP contribution in [0.3, 0.4) is 0 Å². The maximum absolute atomic E-state index is 11.6. The second-order valence-electron chi connectivity index (χ2n) is 6.36. The fourth-order valence-electron chi connectivity index (χ4n) is 1.13. The number of hydrogen-bond donors (Lipinski definition) is 2. The third-order valence-electron chi connectivity index (χ3n) is 2.46. The number of hydrogen-bond acceptors (Lipinski definition) is 3. The van der Waals surface area contributed by atoms with Gasteiger partial charge in [-0.3, -0.25) is 4.79 Å². The number of aliphatic hydroxyl groups is 1. The van der Waals surface area contributed by atoms with E-state index in [0.29, 0.717) is 0 Å². The molecule has 0 fully saturated rings. The maximum Gasteiger partial charge on any atom is 0.160 e. The molecule has 0 aliphatic carbocycles. The standard InChI is InChI=1S/C13H25NO2/c1-12(2,3)10(15)8-7-9(14)11(16)13(4,5)6/h7-9,11,16H,14H2,1-6H3/b8-7+/t9-,11-/m0/s1. The Labute approximate surface area is 98.7 Å². The van der Waals surface area contributed by atoms with E-state index in [2.05, 4.69) is 0 Å². The van der Waals surface area contributed by atoms with Crippen molar-refractivity contribution in [3.63, 3.8) is 0 Å². The Morgan fingerprint density at radius 3 is 1.94 bits per heavy atom. The molecule has 16 heavy (non-hydrogen) atoms. The van der Waals surface area contributed by atoms with Crippen LogP contribution in [-0.2, 0) is 4.79 Å². The number of aliphatic hydroxyl groups excluding tert-OH is 1. The number of rotatable bonds is 3. The highest BCUT2D eigenvalue weighted by molar-refractivity contribution is 5.93. The number of ketones is 1. The van der Waals surface area contributed by atoms with Crippen LogP contribution in [-0.4, -0.2) is 23.0 Å². The first-order chi connectivity index (χ1) is 6.96. The molecule has 0 unspecified atom stereocenters. The van der Waals surface area contributed by atoms with Crippen molar-refractivity contribution in [3.8, 4) is 0 Å². The van der Waals surface area contributed by atoms with E-state index in [-0.39, 0.29) is 11.2 Å². The average Bonchev–Trinajstić information content (AvgIpc) is 2.09. The van der Waals surface area contributed by atoms with Crippen molar-refractivity contribution in [1.29, 1.82) is 0 Å². The SMILES string of the molecule is CC(C)(C)C(=O)/C=C/[C@H](N)[C@H](O)C(C)(C)C. The normalized spacial score (nSPS) is 17.5. The molecule has 0 spiro atoms. The molecule has 0 aromatic rings. The smallest absolute Gasteiger partial charge is 0.160 e. The Morgan fingerprint density at radius 2 is 1.62 bits per heavy atom. The zero-order chi connectivity index (χ0) is 13.1. The molecule has 0 radical (unpaired) electrons. The van der Waals surface area contributed by atoms with E-state index in [9.17, 15) is 9.90 Å². The van der Waals surface area contributed by atoms with Crippen molar-refractivity contribution in [1.82, 2.24) is 0 Å². The molecule has 0 saturated carbocycles. The molecule has 3 N–H and O–H groups in total. The van der Waals surface area contributed by atoms with Gasteiger partial charge in [-0.1, -0.05) is 47.6 Å². The minimum Gasteiger partial charge on any atom is -0.391 e. The van der Waals surface area contributed by atoms with Crippen LogP contribution in [0.4, 0.5) is 0 Å². The van der Waals surface area contributed by atoms with Gasteiger partial charge in [-0.25, -0.2) is 0 Å². The molecule has 0 aromatic heterocycles. The van der Waals surface area contributed by atoms with Gasteiger partial charge in [0.1, 0.15) is 0 Å². The van der Waals surface area contributed by atoms with Crippen LogP contribution in [0.1, 0.15) is 41.5 Å². The summed E-state index contributed by atoms with van der Waals surface area (Å²) in [6, 6.07) is -0.508. The van der Waals surface area contributed by atoms with Gasteiger partial charge in [-0.15, -0.1) is 0 Å². The van der Waals surface area contributed by atoms with Crippen LogP contribution in [0.2, 0.25) is 0 Å². The Bertz CT molecular complexity index is 269. The summed E-state index contributed by atoms with van der Waals surface area (Å²) >= 11 is 0. The molecule has 0 saturated heterocycles. The zero-order valence-corrected chi connectivity index (χ0v) is 11.2. The summed E-state index contributed by atoms with van der Waals surface area (Å²) in [5, 5.41) is 9.88. The van der Waals surface area contributed by atoms with Crippen molar-refractivity contribution in [2.45, 2.75) is 53.7 Å². The van der Waals surface area contributed by atoms with Crippen LogP contribution in [0.25, 0.3) is 0 Å². The molecule has 0 heterocycles.